The Morgan fingerprint density at radius 3 is 2.43 bits per heavy atom. The Morgan fingerprint density at radius 1 is 1.14 bits per heavy atom. The first-order chi connectivity index (χ1) is 10.1. The number of hydrogen-bond donors (Lipinski definition) is 3. The van der Waals surface area contributed by atoms with Gasteiger partial charge in [-0.2, -0.15) is 0 Å². The minimum absolute atomic E-state index is 0.111. The van der Waals surface area contributed by atoms with E-state index in [2.05, 4.69) is 16.0 Å². The van der Waals surface area contributed by atoms with Gasteiger partial charge in [0.1, 0.15) is 5.82 Å². The maximum absolute atomic E-state index is 13.0. The smallest absolute Gasteiger partial charge is 0.318 e. The monoisotopic (exact) mass is 307 g/mol. The van der Waals surface area contributed by atoms with Crippen LogP contribution in [0.3, 0.4) is 0 Å². The van der Waals surface area contributed by atoms with E-state index in [9.17, 15) is 9.18 Å². The maximum atomic E-state index is 13.0. The van der Waals surface area contributed by atoms with Crippen LogP contribution in [0.2, 0.25) is 5.02 Å². The van der Waals surface area contributed by atoms with Gasteiger partial charge >= 0.3 is 6.03 Å². The Morgan fingerprint density at radius 2 is 1.81 bits per heavy atom. The van der Waals surface area contributed by atoms with Crippen LogP contribution in [0, 0.1) is 5.82 Å². The molecule has 2 rings (SSSR count). The summed E-state index contributed by atoms with van der Waals surface area (Å²) in [5, 5.41) is 8.45. The van der Waals surface area contributed by atoms with E-state index >= 15 is 0 Å². The van der Waals surface area contributed by atoms with Crippen molar-refractivity contribution in [2.75, 3.05) is 17.7 Å². The van der Waals surface area contributed by atoms with E-state index in [0.29, 0.717) is 12.2 Å². The average Bonchev–Trinajstić information content (AvgIpc) is 2.50. The summed E-state index contributed by atoms with van der Waals surface area (Å²) < 4.78 is 13.0. The van der Waals surface area contributed by atoms with E-state index in [1.54, 1.807) is 31.3 Å². The normalized spacial score (nSPS) is 10.0. The molecule has 2 amide bonds. The van der Waals surface area contributed by atoms with Gasteiger partial charge in [-0.1, -0.05) is 17.7 Å². The molecule has 0 bridgehead atoms. The summed E-state index contributed by atoms with van der Waals surface area (Å²) in [6, 6.07) is 11.6. The number of carbonyl (C=O) groups excluding carboxylic acids is 1. The molecule has 0 aliphatic heterocycles. The molecule has 0 aliphatic rings. The molecule has 0 spiro atoms. The predicted molar refractivity (Wildman–Crippen MR) is 83.3 cm³/mol. The van der Waals surface area contributed by atoms with Crippen LogP contribution < -0.4 is 16.0 Å². The molecule has 3 N–H and O–H groups in total. The summed E-state index contributed by atoms with van der Waals surface area (Å²) in [7, 11) is 1.55. The second-order valence-corrected chi connectivity index (χ2v) is 4.79. The lowest BCUT2D eigenvalue weighted by atomic mass is 10.2. The molecule has 0 saturated heterocycles. The standard InChI is InChI=1S/C15H15ClFN3O/c1-18-15(21)20-12-5-3-11(4-6-12)19-9-10-2-7-14(17)13(16)8-10/h2-8,19H,9H2,1H3,(H2,18,20,21). The van der Waals surface area contributed by atoms with Crippen LogP contribution in [0.5, 0.6) is 0 Å². The van der Waals surface area contributed by atoms with Gasteiger partial charge in [0.05, 0.1) is 5.02 Å². The van der Waals surface area contributed by atoms with Crippen molar-refractivity contribution in [3.8, 4) is 0 Å². The van der Waals surface area contributed by atoms with E-state index in [1.807, 2.05) is 12.1 Å². The Hall–Kier alpha value is -2.27. The number of hydrogen-bond acceptors (Lipinski definition) is 2. The number of halogens is 2. The van der Waals surface area contributed by atoms with Crippen LogP contribution in [-0.2, 0) is 6.54 Å². The number of urea groups is 1. The zero-order valence-corrected chi connectivity index (χ0v) is 12.2. The van der Waals surface area contributed by atoms with Crippen LogP contribution in [-0.4, -0.2) is 13.1 Å². The topological polar surface area (TPSA) is 53.2 Å². The maximum Gasteiger partial charge on any atom is 0.318 e. The molecule has 0 saturated carbocycles. The molecule has 110 valence electrons. The third kappa shape index (κ3) is 4.36. The van der Waals surface area contributed by atoms with Crippen molar-refractivity contribution < 1.29 is 9.18 Å². The number of benzene rings is 2. The molecule has 0 unspecified atom stereocenters. The minimum Gasteiger partial charge on any atom is -0.381 e. The van der Waals surface area contributed by atoms with Crippen LogP contribution in [0.25, 0.3) is 0 Å². The van der Waals surface area contributed by atoms with Gasteiger partial charge in [0.2, 0.25) is 0 Å². The van der Waals surface area contributed by atoms with Gasteiger partial charge in [-0.3, -0.25) is 0 Å². The Balaban J connectivity index is 1.94. The molecule has 4 nitrogen and oxygen atoms in total. The quantitative estimate of drug-likeness (QED) is 0.804. The molecule has 0 aliphatic carbocycles. The summed E-state index contributed by atoms with van der Waals surface area (Å²) in [6.07, 6.45) is 0. The van der Waals surface area contributed by atoms with E-state index in [0.717, 1.165) is 11.3 Å². The van der Waals surface area contributed by atoms with E-state index in [-0.39, 0.29) is 11.1 Å². The van der Waals surface area contributed by atoms with Crippen LogP contribution in [0.15, 0.2) is 42.5 Å². The van der Waals surface area contributed by atoms with Crippen molar-refractivity contribution in [3.05, 3.63) is 58.9 Å². The van der Waals surface area contributed by atoms with Gasteiger partial charge in [-0.25, -0.2) is 9.18 Å². The Kier molecular flexibility index (Phi) is 5.00. The second-order valence-electron chi connectivity index (χ2n) is 4.38. The lowest BCUT2D eigenvalue weighted by Gasteiger charge is -2.09. The van der Waals surface area contributed by atoms with Crippen molar-refractivity contribution in [2.24, 2.45) is 0 Å². The highest BCUT2D eigenvalue weighted by atomic mass is 35.5. The Labute approximate surface area is 127 Å². The highest BCUT2D eigenvalue weighted by Crippen LogP contribution is 2.18. The lowest BCUT2D eigenvalue weighted by Crippen LogP contribution is -2.24. The van der Waals surface area contributed by atoms with E-state index in [4.69, 9.17) is 11.6 Å². The fraction of sp³-hybridized carbons (Fsp3) is 0.133. The molecular weight excluding hydrogens is 293 g/mol. The summed E-state index contributed by atoms with van der Waals surface area (Å²) in [4.78, 5) is 11.2. The SMILES string of the molecule is CNC(=O)Nc1ccc(NCc2ccc(F)c(Cl)c2)cc1. The number of amides is 2. The highest BCUT2D eigenvalue weighted by Gasteiger charge is 2.02. The lowest BCUT2D eigenvalue weighted by molar-refractivity contribution is 0.254. The second kappa shape index (κ2) is 6.95. The summed E-state index contributed by atoms with van der Waals surface area (Å²) in [5.41, 5.74) is 2.47. The first kappa shape index (κ1) is 15.1. The van der Waals surface area contributed by atoms with Crippen molar-refractivity contribution in [2.45, 2.75) is 6.54 Å². The van der Waals surface area contributed by atoms with E-state index < -0.39 is 5.82 Å². The van der Waals surface area contributed by atoms with Gasteiger partial charge in [-0.05, 0) is 42.0 Å². The first-order valence-electron chi connectivity index (χ1n) is 6.35. The molecule has 0 heterocycles. The summed E-state index contributed by atoms with van der Waals surface area (Å²) >= 11 is 5.73. The zero-order valence-electron chi connectivity index (χ0n) is 11.4. The summed E-state index contributed by atoms with van der Waals surface area (Å²) in [6.45, 7) is 0.530. The van der Waals surface area contributed by atoms with Crippen molar-refractivity contribution in [1.82, 2.24) is 5.32 Å². The molecule has 0 atom stereocenters. The van der Waals surface area contributed by atoms with Crippen molar-refractivity contribution in [1.29, 1.82) is 0 Å². The zero-order chi connectivity index (χ0) is 15.2. The fourth-order valence-corrected chi connectivity index (χ4v) is 1.92. The molecule has 2 aromatic carbocycles. The minimum atomic E-state index is -0.426. The number of rotatable bonds is 4. The summed E-state index contributed by atoms with van der Waals surface area (Å²) in [5.74, 6) is -0.426. The highest BCUT2D eigenvalue weighted by molar-refractivity contribution is 6.30. The number of anilines is 2. The van der Waals surface area contributed by atoms with Gasteiger partial charge in [0, 0.05) is 25.0 Å². The third-order valence-electron chi connectivity index (χ3n) is 2.85. The van der Waals surface area contributed by atoms with E-state index in [1.165, 1.54) is 6.07 Å². The van der Waals surface area contributed by atoms with Crippen LogP contribution >= 0.6 is 11.6 Å². The van der Waals surface area contributed by atoms with Gasteiger partial charge in [0.15, 0.2) is 0 Å². The first-order valence-corrected chi connectivity index (χ1v) is 6.73. The predicted octanol–water partition coefficient (Wildman–Crippen LogP) is 3.84. The molecule has 21 heavy (non-hydrogen) atoms. The largest absolute Gasteiger partial charge is 0.381 e. The molecule has 0 aromatic heterocycles. The molecule has 6 heteroatoms. The van der Waals surface area contributed by atoms with Gasteiger partial charge in [0.25, 0.3) is 0 Å². The number of carbonyl (C=O) groups is 1. The average molecular weight is 308 g/mol. The van der Waals surface area contributed by atoms with Crippen LogP contribution in [0.1, 0.15) is 5.56 Å². The molecular formula is C15H15ClFN3O. The third-order valence-corrected chi connectivity index (χ3v) is 3.14. The van der Waals surface area contributed by atoms with Crippen molar-refractivity contribution in [3.63, 3.8) is 0 Å². The molecule has 2 aromatic rings. The molecule has 0 radical (unpaired) electrons. The Bertz CT molecular complexity index is 631. The van der Waals surface area contributed by atoms with Crippen LogP contribution in [0.4, 0.5) is 20.6 Å². The number of nitrogens with one attached hydrogen (secondary N) is 3. The van der Waals surface area contributed by atoms with Gasteiger partial charge in [-0.15, -0.1) is 0 Å². The fourth-order valence-electron chi connectivity index (χ4n) is 1.72. The van der Waals surface area contributed by atoms with Crippen molar-refractivity contribution >= 4 is 29.0 Å². The molecule has 0 fully saturated rings. The van der Waals surface area contributed by atoms with Gasteiger partial charge < -0.3 is 16.0 Å².